The highest BCUT2D eigenvalue weighted by Gasteiger charge is 2.11. The van der Waals surface area contributed by atoms with E-state index in [4.69, 9.17) is 0 Å². The molecule has 0 aliphatic heterocycles. The molecule has 0 amide bonds. The number of carbonyl (C=O) groups excluding carboxylic acids is 2. The number of Topliss-reactive ketones (excluding diaryl/α,β-unsaturated/α-hetero) is 1. The summed E-state index contributed by atoms with van der Waals surface area (Å²) in [4.78, 5) is 22.4. The van der Waals surface area contributed by atoms with Crippen LogP contribution in [0.25, 0.3) is 0 Å². The number of hydrogen-bond acceptors (Lipinski definition) is 3. The summed E-state index contributed by atoms with van der Waals surface area (Å²) in [5.41, 5.74) is 2.82. The normalized spacial score (nSPS) is 9.80. The fourth-order valence-corrected chi connectivity index (χ4v) is 1.48. The third kappa shape index (κ3) is 2.24. The van der Waals surface area contributed by atoms with Gasteiger partial charge in [0.2, 0.25) is 0 Å². The predicted molar refractivity (Wildman–Crippen MR) is 60.7 cm³/mol. The highest BCUT2D eigenvalue weighted by Crippen LogP contribution is 2.21. The zero-order valence-corrected chi connectivity index (χ0v) is 9.26. The van der Waals surface area contributed by atoms with E-state index in [1.807, 2.05) is 19.9 Å². The van der Waals surface area contributed by atoms with E-state index < -0.39 is 0 Å². The van der Waals surface area contributed by atoms with Gasteiger partial charge in [-0.2, -0.15) is 0 Å². The Kier molecular flexibility index (Phi) is 3.61. The van der Waals surface area contributed by atoms with Gasteiger partial charge in [0, 0.05) is 30.3 Å². The number of carbonyl (C=O) groups is 2. The van der Waals surface area contributed by atoms with Crippen molar-refractivity contribution in [2.24, 2.45) is 0 Å². The van der Waals surface area contributed by atoms with Gasteiger partial charge in [0.15, 0.2) is 5.78 Å². The second kappa shape index (κ2) is 4.73. The molecule has 1 rings (SSSR count). The minimum Gasteiger partial charge on any atom is -0.388 e. The first-order valence-corrected chi connectivity index (χ1v) is 4.94. The Bertz CT molecular complexity index is 397. The quantitative estimate of drug-likeness (QED) is 0.606. The van der Waals surface area contributed by atoms with E-state index in [9.17, 15) is 9.59 Å². The van der Waals surface area contributed by atoms with Gasteiger partial charge in [-0.05, 0) is 24.6 Å². The lowest BCUT2D eigenvalue weighted by molar-refractivity contribution is 0.0989. The van der Waals surface area contributed by atoms with E-state index >= 15 is 0 Å². The van der Waals surface area contributed by atoms with Crippen molar-refractivity contribution in [1.82, 2.24) is 0 Å². The number of hydrogen-bond donors (Lipinski definition) is 1. The van der Waals surface area contributed by atoms with Gasteiger partial charge in [-0.3, -0.25) is 9.59 Å². The Morgan fingerprint density at radius 2 is 2.13 bits per heavy atom. The standard InChI is InChI=1S/C12H15NO2/c1-4-12(15)10-6-9(7-14)8(2)5-11(10)13-3/h5-7,13H,4H2,1-3H3. The molecule has 0 saturated carbocycles. The minimum atomic E-state index is 0.0439. The maximum absolute atomic E-state index is 11.6. The molecule has 0 spiro atoms. The number of ketones is 1. The number of anilines is 1. The van der Waals surface area contributed by atoms with Crippen molar-refractivity contribution in [1.29, 1.82) is 0 Å². The Morgan fingerprint density at radius 3 is 2.60 bits per heavy atom. The highest BCUT2D eigenvalue weighted by molar-refractivity contribution is 6.02. The van der Waals surface area contributed by atoms with E-state index in [2.05, 4.69) is 5.32 Å². The van der Waals surface area contributed by atoms with E-state index in [-0.39, 0.29) is 5.78 Å². The topological polar surface area (TPSA) is 46.2 Å². The molecule has 0 radical (unpaired) electrons. The van der Waals surface area contributed by atoms with Crippen LogP contribution in [0.15, 0.2) is 12.1 Å². The van der Waals surface area contributed by atoms with Gasteiger partial charge in [0.05, 0.1) is 0 Å². The zero-order valence-electron chi connectivity index (χ0n) is 9.26. The Hall–Kier alpha value is -1.64. The van der Waals surface area contributed by atoms with Gasteiger partial charge in [-0.15, -0.1) is 0 Å². The first-order chi connectivity index (χ1) is 7.13. The minimum absolute atomic E-state index is 0.0439. The Morgan fingerprint density at radius 1 is 1.47 bits per heavy atom. The third-order valence-electron chi connectivity index (χ3n) is 2.42. The molecule has 0 unspecified atom stereocenters. The van der Waals surface area contributed by atoms with Crippen LogP contribution < -0.4 is 5.32 Å². The van der Waals surface area contributed by atoms with Crippen molar-refractivity contribution < 1.29 is 9.59 Å². The summed E-state index contributed by atoms with van der Waals surface area (Å²) in [6.45, 7) is 3.66. The van der Waals surface area contributed by atoms with Gasteiger partial charge in [0.1, 0.15) is 6.29 Å². The molecule has 0 bridgehead atoms. The van der Waals surface area contributed by atoms with Crippen molar-refractivity contribution in [2.75, 3.05) is 12.4 Å². The fraction of sp³-hybridized carbons (Fsp3) is 0.333. The molecular formula is C12H15NO2. The predicted octanol–water partition coefficient (Wildman–Crippen LogP) is 2.44. The Labute approximate surface area is 89.5 Å². The molecule has 0 aliphatic rings. The molecule has 0 aliphatic carbocycles. The molecular weight excluding hydrogens is 190 g/mol. The van der Waals surface area contributed by atoms with Crippen LogP contribution in [-0.2, 0) is 0 Å². The van der Waals surface area contributed by atoms with Gasteiger partial charge >= 0.3 is 0 Å². The Balaban J connectivity index is 3.34. The highest BCUT2D eigenvalue weighted by atomic mass is 16.1. The van der Waals surface area contributed by atoms with Crippen molar-refractivity contribution >= 4 is 17.8 Å². The first kappa shape index (κ1) is 11.4. The molecule has 3 nitrogen and oxygen atoms in total. The second-order valence-corrected chi connectivity index (χ2v) is 3.40. The van der Waals surface area contributed by atoms with Gasteiger partial charge < -0.3 is 5.32 Å². The summed E-state index contributed by atoms with van der Waals surface area (Å²) >= 11 is 0. The maximum Gasteiger partial charge on any atom is 0.164 e. The summed E-state index contributed by atoms with van der Waals surface area (Å²) in [7, 11) is 1.77. The lowest BCUT2D eigenvalue weighted by Crippen LogP contribution is -2.05. The van der Waals surface area contributed by atoms with Crippen LogP contribution in [0.5, 0.6) is 0 Å². The molecule has 0 atom stereocenters. The van der Waals surface area contributed by atoms with Crippen molar-refractivity contribution in [3.63, 3.8) is 0 Å². The zero-order chi connectivity index (χ0) is 11.4. The number of benzene rings is 1. The lowest BCUT2D eigenvalue weighted by Gasteiger charge is -2.10. The van der Waals surface area contributed by atoms with Crippen LogP contribution in [-0.4, -0.2) is 19.1 Å². The molecule has 0 aromatic heterocycles. The largest absolute Gasteiger partial charge is 0.388 e. The van der Waals surface area contributed by atoms with Crippen molar-refractivity contribution in [2.45, 2.75) is 20.3 Å². The molecule has 1 N–H and O–H groups in total. The van der Waals surface area contributed by atoms with E-state index in [1.54, 1.807) is 13.1 Å². The lowest BCUT2D eigenvalue weighted by atomic mass is 10.00. The van der Waals surface area contributed by atoms with E-state index in [0.717, 1.165) is 17.5 Å². The molecule has 15 heavy (non-hydrogen) atoms. The summed E-state index contributed by atoms with van der Waals surface area (Å²) in [6.07, 6.45) is 1.22. The number of nitrogens with one attached hydrogen (secondary N) is 1. The molecule has 1 aromatic carbocycles. The van der Waals surface area contributed by atoms with Crippen molar-refractivity contribution in [3.8, 4) is 0 Å². The van der Waals surface area contributed by atoms with E-state index in [0.29, 0.717) is 17.5 Å². The average Bonchev–Trinajstić information content (AvgIpc) is 2.27. The van der Waals surface area contributed by atoms with Crippen LogP contribution in [0.2, 0.25) is 0 Å². The number of rotatable bonds is 4. The van der Waals surface area contributed by atoms with Crippen LogP contribution in [0, 0.1) is 6.92 Å². The summed E-state index contributed by atoms with van der Waals surface area (Å²) in [5.74, 6) is 0.0439. The van der Waals surface area contributed by atoms with Crippen LogP contribution in [0.4, 0.5) is 5.69 Å². The van der Waals surface area contributed by atoms with E-state index in [1.165, 1.54) is 0 Å². The van der Waals surface area contributed by atoms with Gasteiger partial charge in [0.25, 0.3) is 0 Å². The summed E-state index contributed by atoms with van der Waals surface area (Å²) in [6, 6.07) is 3.48. The van der Waals surface area contributed by atoms with Crippen LogP contribution in [0.1, 0.15) is 39.6 Å². The van der Waals surface area contributed by atoms with Crippen molar-refractivity contribution in [3.05, 3.63) is 28.8 Å². The maximum atomic E-state index is 11.6. The molecule has 0 fully saturated rings. The number of aldehydes is 1. The molecule has 3 heteroatoms. The SMILES string of the molecule is CCC(=O)c1cc(C=O)c(C)cc1NC. The third-order valence-corrected chi connectivity index (χ3v) is 2.42. The molecule has 1 aromatic rings. The van der Waals surface area contributed by atoms with Gasteiger partial charge in [-0.25, -0.2) is 0 Å². The smallest absolute Gasteiger partial charge is 0.164 e. The summed E-state index contributed by atoms with van der Waals surface area (Å²) in [5, 5.41) is 2.97. The first-order valence-electron chi connectivity index (χ1n) is 4.94. The molecule has 0 saturated heterocycles. The van der Waals surface area contributed by atoms with Gasteiger partial charge in [-0.1, -0.05) is 6.92 Å². The monoisotopic (exact) mass is 205 g/mol. The second-order valence-electron chi connectivity index (χ2n) is 3.40. The fourth-order valence-electron chi connectivity index (χ4n) is 1.48. The molecule has 0 heterocycles. The van der Waals surface area contributed by atoms with Crippen LogP contribution >= 0.6 is 0 Å². The average molecular weight is 205 g/mol. The number of aryl methyl sites for hydroxylation is 1. The summed E-state index contributed by atoms with van der Waals surface area (Å²) < 4.78 is 0. The van der Waals surface area contributed by atoms with Crippen LogP contribution in [0.3, 0.4) is 0 Å². The molecule has 80 valence electrons.